The van der Waals surface area contributed by atoms with E-state index in [9.17, 15) is 13.2 Å². The third-order valence-corrected chi connectivity index (χ3v) is 7.23. The molecule has 9 heteroatoms. The molecule has 1 heterocycles. The smallest absolute Gasteiger partial charge is 0.241 e. The third kappa shape index (κ3) is 7.83. The number of sulfonamides is 1. The molecule has 0 radical (unpaired) electrons. The van der Waals surface area contributed by atoms with Crippen molar-refractivity contribution < 1.29 is 13.2 Å². The van der Waals surface area contributed by atoms with E-state index in [-0.39, 0.29) is 10.7 Å². The molecule has 0 saturated heterocycles. The molecule has 3 aromatic carbocycles. The Hall–Kier alpha value is -4.34. The van der Waals surface area contributed by atoms with E-state index in [1.54, 1.807) is 87.7 Å². The molecule has 8 nitrogen and oxygen atoms in total. The zero-order valence-corrected chi connectivity index (χ0v) is 23.1. The van der Waals surface area contributed by atoms with Gasteiger partial charge in [-0.3, -0.25) is 4.79 Å². The van der Waals surface area contributed by atoms with Gasteiger partial charge in [-0.25, -0.2) is 18.1 Å². The van der Waals surface area contributed by atoms with Gasteiger partial charge in [0.25, 0.3) is 0 Å². The van der Waals surface area contributed by atoms with Crippen molar-refractivity contribution in [2.75, 3.05) is 10.6 Å². The van der Waals surface area contributed by atoms with Crippen molar-refractivity contribution in [3.05, 3.63) is 108 Å². The lowest BCUT2D eigenvalue weighted by Gasteiger charge is -2.20. The van der Waals surface area contributed by atoms with Gasteiger partial charge in [-0.05, 0) is 81.8 Å². The van der Waals surface area contributed by atoms with Gasteiger partial charge in [-0.15, -0.1) is 0 Å². The van der Waals surface area contributed by atoms with Gasteiger partial charge in [0.2, 0.25) is 16.0 Å². The van der Waals surface area contributed by atoms with Gasteiger partial charge < -0.3 is 10.6 Å². The molecule has 3 N–H and O–H groups in total. The molecule has 1 aromatic heterocycles. The monoisotopic (exact) mass is 541 g/mol. The van der Waals surface area contributed by atoms with Crippen molar-refractivity contribution in [1.82, 2.24) is 14.7 Å². The zero-order chi connectivity index (χ0) is 28.0. The molecule has 0 aliphatic heterocycles. The van der Waals surface area contributed by atoms with Crippen molar-refractivity contribution in [2.24, 2.45) is 0 Å². The molecule has 4 rings (SSSR count). The van der Waals surface area contributed by atoms with E-state index in [1.807, 2.05) is 37.3 Å². The van der Waals surface area contributed by atoms with Crippen LogP contribution < -0.4 is 15.4 Å². The number of allylic oxidation sites excluding steroid dienone is 1. The van der Waals surface area contributed by atoms with Crippen LogP contribution in [0.3, 0.4) is 0 Å². The summed E-state index contributed by atoms with van der Waals surface area (Å²) in [4.78, 5) is 21.6. The summed E-state index contributed by atoms with van der Waals surface area (Å²) in [6.45, 7) is 7.23. The highest BCUT2D eigenvalue weighted by atomic mass is 32.2. The highest BCUT2D eigenvalue weighted by Crippen LogP contribution is 2.24. The lowest BCUT2D eigenvalue weighted by atomic mass is 10.1. The van der Waals surface area contributed by atoms with E-state index in [4.69, 9.17) is 0 Å². The summed E-state index contributed by atoms with van der Waals surface area (Å²) < 4.78 is 28.1. The van der Waals surface area contributed by atoms with Crippen molar-refractivity contribution in [1.29, 1.82) is 0 Å². The molecule has 0 saturated carbocycles. The lowest BCUT2D eigenvalue weighted by Crippen LogP contribution is -2.40. The van der Waals surface area contributed by atoms with Gasteiger partial charge in [0.15, 0.2) is 5.78 Å². The molecule has 0 spiro atoms. The van der Waals surface area contributed by atoms with Crippen molar-refractivity contribution >= 4 is 45.0 Å². The van der Waals surface area contributed by atoms with Crippen LogP contribution in [0.15, 0.2) is 96.0 Å². The normalized spacial score (nSPS) is 11.9. The van der Waals surface area contributed by atoms with Crippen LogP contribution in [-0.4, -0.2) is 29.7 Å². The molecule has 200 valence electrons. The Balaban J connectivity index is 1.46. The number of rotatable bonds is 9. The average molecular weight is 542 g/mol. The number of anilines is 4. The van der Waals surface area contributed by atoms with Gasteiger partial charge in [0.1, 0.15) is 5.82 Å². The Bertz CT molecular complexity index is 1590. The quantitative estimate of drug-likeness (QED) is 0.170. The highest BCUT2D eigenvalue weighted by molar-refractivity contribution is 7.89. The minimum atomic E-state index is -3.68. The second-order valence-electron chi connectivity index (χ2n) is 10.0. The molecule has 0 aliphatic carbocycles. The first-order valence-corrected chi connectivity index (χ1v) is 13.9. The molecular formula is C30H31N5O3S. The second-order valence-corrected chi connectivity index (χ2v) is 11.7. The minimum Gasteiger partial charge on any atom is -0.340 e. The topological polar surface area (TPSA) is 113 Å². The predicted molar refractivity (Wildman–Crippen MR) is 156 cm³/mol. The summed E-state index contributed by atoms with van der Waals surface area (Å²) in [7, 11) is -3.68. The standard InChI is InChI=1S/C30H31N5O3S/c1-21-20-31-29(33-24-16-14-23(15-17-24)27(36)18-13-22-9-6-5-7-10-22)34-28(21)32-25-11-8-12-26(19-25)39(37,38)35-30(2,3)4/h5-20,35H,1-4H3,(H2,31,32,33,34)/b18-13+. The molecule has 0 fully saturated rings. The van der Waals surface area contributed by atoms with E-state index in [0.29, 0.717) is 23.0 Å². The summed E-state index contributed by atoms with van der Waals surface area (Å²) in [6.07, 6.45) is 5.01. The number of nitrogens with one attached hydrogen (secondary N) is 3. The van der Waals surface area contributed by atoms with Gasteiger partial charge in [-0.2, -0.15) is 4.98 Å². The minimum absolute atomic E-state index is 0.0922. The number of aromatic nitrogens is 2. The number of carbonyl (C=O) groups excluding carboxylic acids is 1. The fourth-order valence-corrected chi connectivity index (χ4v) is 5.11. The lowest BCUT2D eigenvalue weighted by molar-refractivity contribution is 0.104. The number of hydrogen-bond acceptors (Lipinski definition) is 7. The summed E-state index contributed by atoms with van der Waals surface area (Å²) in [5.41, 5.74) is 3.00. The average Bonchev–Trinajstić information content (AvgIpc) is 2.89. The Labute approximate surface area is 229 Å². The molecule has 0 atom stereocenters. The molecular weight excluding hydrogens is 510 g/mol. The van der Waals surface area contributed by atoms with E-state index in [1.165, 1.54) is 0 Å². The van der Waals surface area contributed by atoms with E-state index in [2.05, 4.69) is 25.3 Å². The van der Waals surface area contributed by atoms with Crippen LogP contribution in [0.1, 0.15) is 42.3 Å². The summed E-state index contributed by atoms with van der Waals surface area (Å²) in [5, 5.41) is 6.33. The fourth-order valence-electron chi connectivity index (χ4n) is 3.65. The van der Waals surface area contributed by atoms with Gasteiger partial charge in [0.05, 0.1) is 4.90 Å². The van der Waals surface area contributed by atoms with Crippen LogP contribution >= 0.6 is 0 Å². The van der Waals surface area contributed by atoms with Crippen molar-refractivity contribution in [3.63, 3.8) is 0 Å². The Morgan fingerprint density at radius 3 is 2.28 bits per heavy atom. The molecule has 0 bridgehead atoms. The molecule has 0 unspecified atom stereocenters. The van der Waals surface area contributed by atoms with Crippen molar-refractivity contribution in [3.8, 4) is 0 Å². The number of ketones is 1. The maximum absolute atomic E-state index is 12.7. The largest absolute Gasteiger partial charge is 0.340 e. The van der Waals surface area contributed by atoms with E-state index >= 15 is 0 Å². The van der Waals surface area contributed by atoms with Crippen LogP contribution in [0.25, 0.3) is 6.08 Å². The number of benzene rings is 3. The highest BCUT2D eigenvalue weighted by Gasteiger charge is 2.22. The fraction of sp³-hybridized carbons (Fsp3) is 0.167. The number of carbonyl (C=O) groups is 1. The number of aryl methyl sites for hydroxylation is 1. The summed E-state index contributed by atoms with van der Waals surface area (Å²) in [5.74, 6) is 0.790. The third-order valence-electron chi connectivity index (χ3n) is 5.47. The number of nitrogens with zero attached hydrogens (tertiary/aromatic N) is 2. The molecule has 39 heavy (non-hydrogen) atoms. The van der Waals surface area contributed by atoms with Gasteiger partial charge in [0, 0.05) is 34.2 Å². The Morgan fingerprint density at radius 1 is 0.872 bits per heavy atom. The van der Waals surface area contributed by atoms with E-state index in [0.717, 1.165) is 16.8 Å². The summed E-state index contributed by atoms with van der Waals surface area (Å²) >= 11 is 0. The van der Waals surface area contributed by atoms with Gasteiger partial charge >= 0.3 is 0 Å². The van der Waals surface area contributed by atoms with Gasteiger partial charge in [-0.1, -0.05) is 42.5 Å². The van der Waals surface area contributed by atoms with Crippen molar-refractivity contribution in [2.45, 2.75) is 38.1 Å². The predicted octanol–water partition coefficient (Wildman–Crippen LogP) is 6.25. The first-order chi connectivity index (χ1) is 18.5. The van der Waals surface area contributed by atoms with Crippen LogP contribution in [0.2, 0.25) is 0 Å². The van der Waals surface area contributed by atoms with Crippen LogP contribution in [0.5, 0.6) is 0 Å². The van der Waals surface area contributed by atoms with Crippen LogP contribution in [0.4, 0.5) is 23.1 Å². The molecule has 0 aliphatic rings. The first kappa shape index (κ1) is 27.7. The SMILES string of the molecule is Cc1cnc(Nc2ccc(C(=O)/C=C/c3ccccc3)cc2)nc1Nc1cccc(S(=O)(=O)NC(C)(C)C)c1. The second kappa shape index (κ2) is 11.6. The first-order valence-electron chi connectivity index (χ1n) is 12.4. The van der Waals surface area contributed by atoms with Crippen LogP contribution in [-0.2, 0) is 10.0 Å². The zero-order valence-electron chi connectivity index (χ0n) is 22.3. The Kier molecular flexibility index (Phi) is 8.23. The van der Waals surface area contributed by atoms with E-state index < -0.39 is 15.6 Å². The molecule has 4 aromatic rings. The van der Waals surface area contributed by atoms with Crippen LogP contribution in [0, 0.1) is 6.92 Å². The Morgan fingerprint density at radius 2 is 1.59 bits per heavy atom. The molecule has 0 amide bonds. The summed E-state index contributed by atoms with van der Waals surface area (Å²) in [6, 6.07) is 23.3. The maximum atomic E-state index is 12.7. The number of hydrogen-bond donors (Lipinski definition) is 3. The maximum Gasteiger partial charge on any atom is 0.241 e.